The van der Waals surface area contributed by atoms with Gasteiger partial charge in [0.1, 0.15) is 0 Å². The number of piperidine rings is 1. The summed E-state index contributed by atoms with van der Waals surface area (Å²) in [5.74, 6) is 2.02. The summed E-state index contributed by atoms with van der Waals surface area (Å²) in [5, 5.41) is 3.00. The molecule has 0 radical (unpaired) electrons. The molecular formula is C13H23N7O. The molecule has 2 aliphatic rings. The van der Waals surface area contributed by atoms with Crippen LogP contribution in [0.15, 0.2) is 0 Å². The van der Waals surface area contributed by atoms with Crippen LogP contribution in [0.25, 0.3) is 0 Å². The van der Waals surface area contributed by atoms with Crippen molar-refractivity contribution in [2.24, 2.45) is 5.73 Å². The van der Waals surface area contributed by atoms with Gasteiger partial charge in [0.15, 0.2) is 0 Å². The first-order valence-corrected chi connectivity index (χ1v) is 7.64. The van der Waals surface area contributed by atoms with Gasteiger partial charge in [0.2, 0.25) is 17.8 Å². The number of hydrogen-bond acceptors (Lipinski definition) is 8. The molecule has 2 aliphatic heterocycles. The first-order chi connectivity index (χ1) is 10.4. The van der Waals surface area contributed by atoms with Crippen molar-refractivity contribution in [1.82, 2.24) is 15.0 Å². The largest absolute Gasteiger partial charge is 0.378 e. The Balaban J connectivity index is 1.85. The number of aromatic nitrogens is 3. The molecule has 116 valence electrons. The lowest BCUT2D eigenvalue weighted by atomic mass is 10.1. The summed E-state index contributed by atoms with van der Waals surface area (Å²) in [6.45, 7) is 5.38. The normalized spacial score (nSPS) is 19.7. The fourth-order valence-electron chi connectivity index (χ4n) is 2.66. The van der Waals surface area contributed by atoms with E-state index in [4.69, 9.17) is 10.5 Å². The van der Waals surface area contributed by atoms with Crippen LogP contribution in [-0.2, 0) is 4.74 Å². The molecule has 0 bridgehead atoms. The van der Waals surface area contributed by atoms with Crippen LogP contribution in [0.1, 0.15) is 19.3 Å². The third kappa shape index (κ3) is 3.51. The van der Waals surface area contributed by atoms with E-state index in [1.54, 1.807) is 0 Å². The lowest BCUT2D eigenvalue weighted by Gasteiger charge is -2.30. The van der Waals surface area contributed by atoms with Gasteiger partial charge in [0.05, 0.1) is 19.9 Å². The molecule has 0 aromatic carbocycles. The van der Waals surface area contributed by atoms with Crippen molar-refractivity contribution in [3.8, 4) is 0 Å². The minimum atomic E-state index is 0.312. The number of ether oxygens (including phenoxy) is 1. The van der Waals surface area contributed by atoms with Crippen LogP contribution in [0.2, 0.25) is 0 Å². The molecule has 1 aromatic rings. The first kappa shape index (κ1) is 14.3. The van der Waals surface area contributed by atoms with Crippen molar-refractivity contribution in [2.45, 2.75) is 19.3 Å². The number of hydrogen-bond donors (Lipinski definition) is 2. The molecule has 3 N–H and O–H groups in total. The second-order valence-electron chi connectivity index (χ2n) is 5.29. The number of nitrogens with zero attached hydrogens (tertiary/aromatic N) is 5. The van der Waals surface area contributed by atoms with Gasteiger partial charge in [0.25, 0.3) is 0 Å². The van der Waals surface area contributed by atoms with Crippen molar-refractivity contribution in [3.63, 3.8) is 0 Å². The van der Waals surface area contributed by atoms with Gasteiger partial charge in [0, 0.05) is 26.2 Å². The van der Waals surface area contributed by atoms with Crippen LogP contribution in [0.5, 0.6) is 0 Å². The summed E-state index contributed by atoms with van der Waals surface area (Å²) in [4.78, 5) is 18.0. The molecule has 8 nitrogen and oxygen atoms in total. The fraction of sp³-hybridized carbons (Fsp3) is 0.769. The van der Waals surface area contributed by atoms with Crippen LogP contribution in [0.4, 0.5) is 17.8 Å². The fourth-order valence-corrected chi connectivity index (χ4v) is 2.66. The minimum absolute atomic E-state index is 0.312. The van der Waals surface area contributed by atoms with Gasteiger partial charge in [-0.15, -0.1) is 0 Å². The average molecular weight is 293 g/mol. The van der Waals surface area contributed by atoms with Crippen LogP contribution >= 0.6 is 0 Å². The summed E-state index contributed by atoms with van der Waals surface area (Å²) in [5.41, 5.74) is 5.56. The lowest BCUT2D eigenvalue weighted by Crippen LogP contribution is -2.38. The zero-order chi connectivity index (χ0) is 14.5. The van der Waals surface area contributed by atoms with E-state index >= 15 is 0 Å². The molecule has 3 rings (SSSR count). The molecule has 0 saturated carbocycles. The molecule has 0 aliphatic carbocycles. The molecule has 8 heteroatoms. The Kier molecular flexibility index (Phi) is 4.66. The molecule has 21 heavy (non-hydrogen) atoms. The predicted octanol–water partition coefficient (Wildman–Crippen LogP) is 0.0266. The lowest BCUT2D eigenvalue weighted by molar-refractivity contribution is 0.122. The molecule has 1 aromatic heterocycles. The van der Waals surface area contributed by atoms with Gasteiger partial charge >= 0.3 is 0 Å². The van der Waals surface area contributed by atoms with E-state index in [1.807, 2.05) is 0 Å². The Labute approximate surface area is 124 Å². The smallest absolute Gasteiger partial charge is 0.232 e. The van der Waals surface area contributed by atoms with Crippen LogP contribution in [-0.4, -0.2) is 61.0 Å². The third-order valence-corrected chi connectivity index (χ3v) is 3.80. The standard InChI is InChI=1S/C13H23N7O/c14-10-15-11-16-12(19-4-2-1-3-5-19)18-13(17-11)20-6-8-21-9-7-20/h1-10,14H2,(H,15,16,17,18). The van der Waals surface area contributed by atoms with Crippen molar-refractivity contribution >= 4 is 17.8 Å². The number of rotatable bonds is 4. The van der Waals surface area contributed by atoms with Crippen molar-refractivity contribution in [2.75, 3.05) is 61.2 Å². The highest BCUT2D eigenvalue weighted by Gasteiger charge is 2.20. The van der Waals surface area contributed by atoms with Gasteiger partial charge < -0.3 is 25.6 Å². The second kappa shape index (κ2) is 6.86. The number of morpholine rings is 1. The van der Waals surface area contributed by atoms with Crippen molar-refractivity contribution in [3.05, 3.63) is 0 Å². The van der Waals surface area contributed by atoms with Gasteiger partial charge in [-0.25, -0.2) is 0 Å². The van der Waals surface area contributed by atoms with E-state index in [2.05, 4.69) is 30.1 Å². The van der Waals surface area contributed by atoms with Crippen LogP contribution in [0, 0.1) is 0 Å². The quantitative estimate of drug-likeness (QED) is 0.751. The maximum Gasteiger partial charge on any atom is 0.232 e. The Bertz CT molecular complexity index is 422. The maximum absolute atomic E-state index is 5.56. The number of nitrogens with two attached hydrogens (primary N) is 1. The molecule has 0 spiro atoms. The molecule has 0 amide bonds. The summed E-state index contributed by atoms with van der Waals surface area (Å²) in [7, 11) is 0. The first-order valence-electron chi connectivity index (χ1n) is 7.64. The van der Waals surface area contributed by atoms with E-state index in [9.17, 15) is 0 Å². The third-order valence-electron chi connectivity index (χ3n) is 3.80. The van der Waals surface area contributed by atoms with E-state index in [0.29, 0.717) is 31.8 Å². The molecule has 3 heterocycles. The van der Waals surface area contributed by atoms with E-state index in [1.165, 1.54) is 19.3 Å². The van der Waals surface area contributed by atoms with Crippen molar-refractivity contribution in [1.29, 1.82) is 0 Å². The van der Waals surface area contributed by atoms with E-state index < -0.39 is 0 Å². The van der Waals surface area contributed by atoms with E-state index in [0.717, 1.165) is 32.1 Å². The molecule has 2 saturated heterocycles. The van der Waals surface area contributed by atoms with Gasteiger partial charge in [-0.05, 0) is 19.3 Å². The number of anilines is 3. The summed E-state index contributed by atoms with van der Waals surface area (Å²) >= 11 is 0. The Morgan fingerprint density at radius 2 is 1.52 bits per heavy atom. The zero-order valence-electron chi connectivity index (χ0n) is 12.3. The molecular weight excluding hydrogens is 270 g/mol. The summed E-state index contributed by atoms with van der Waals surface area (Å²) in [6, 6.07) is 0. The zero-order valence-corrected chi connectivity index (χ0v) is 12.3. The predicted molar refractivity (Wildman–Crippen MR) is 81.6 cm³/mol. The average Bonchev–Trinajstić information content (AvgIpc) is 2.56. The maximum atomic E-state index is 5.56. The highest BCUT2D eigenvalue weighted by atomic mass is 16.5. The van der Waals surface area contributed by atoms with Gasteiger partial charge in [-0.3, -0.25) is 0 Å². The summed E-state index contributed by atoms with van der Waals surface area (Å²) < 4.78 is 5.39. The van der Waals surface area contributed by atoms with Crippen LogP contribution < -0.4 is 20.9 Å². The SMILES string of the molecule is NCNc1nc(N2CCCCC2)nc(N2CCOCC2)n1. The minimum Gasteiger partial charge on any atom is -0.378 e. The Hall–Kier alpha value is -1.67. The Morgan fingerprint density at radius 1 is 0.905 bits per heavy atom. The Morgan fingerprint density at radius 3 is 2.14 bits per heavy atom. The molecule has 2 fully saturated rings. The van der Waals surface area contributed by atoms with Gasteiger partial charge in [-0.1, -0.05) is 0 Å². The topological polar surface area (TPSA) is 92.4 Å². The number of nitrogens with one attached hydrogen (secondary N) is 1. The van der Waals surface area contributed by atoms with E-state index in [-0.39, 0.29) is 0 Å². The highest BCUT2D eigenvalue weighted by Crippen LogP contribution is 2.20. The summed E-state index contributed by atoms with van der Waals surface area (Å²) in [6.07, 6.45) is 3.67. The molecule has 0 unspecified atom stereocenters. The monoisotopic (exact) mass is 293 g/mol. The van der Waals surface area contributed by atoms with Crippen LogP contribution in [0.3, 0.4) is 0 Å². The van der Waals surface area contributed by atoms with Gasteiger partial charge in [-0.2, -0.15) is 15.0 Å². The van der Waals surface area contributed by atoms with Crippen molar-refractivity contribution < 1.29 is 4.74 Å². The highest BCUT2D eigenvalue weighted by molar-refractivity contribution is 5.45. The molecule has 0 atom stereocenters. The second-order valence-corrected chi connectivity index (χ2v) is 5.29.